The fraction of sp³-hybridized carbons (Fsp3) is 0.308. The molecule has 4 aromatic rings. The number of aryl methyl sites for hydroxylation is 1. The van der Waals surface area contributed by atoms with Gasteiger partial charge in [-0.2, -0.15) is 0 Å². The van der Waals surface area contributed by atoms with E-state index in [4.69, 9.17) is 4.42 Å². The van der Waals surface area contributed by atoms with Crippen LogP contribution in [0.1, 0.15) is 40.1 Å². The molecule has 2 aromatic heterocycles. The molecule has 34 heavy (non-hydrogen) atoms. The van der Waals surface area contributed by atoms with Gasteiger partial charge in [0, 0.05) is 24.5 Å². The van der Waals surface area contributed by atoms with Crippen molar-refractivity contribution >= 4 is 28.2 Å². The molecule has 5 rings (SSSR count). The number of carbonyl (C=O) groups excluding carboxylic acids is 1. The molecule has 1 amide bonds. The molecule has 3 atom stereocenters. The van der Waals surface area contributed by atoms with Crippen molar-refractivity contribution in [3.63, 3.8) is 0 Å². The largest absolute Gasteiger partial charge is 0.464 e. The lowest BCUT2D eigenvalue weighted by molar-refractivity contribution is -0.0624. The minimum Gasteiger partial charge on any atom is -0.464 e. The Kier molecular flexibility index (Phi) is 6.45. The third kappa shape index (κ3) is 4.49. The van der Waals surface area contributed by atoms with E-state index in [-0.39, 0.29) is 18.5 Å². The van der Waals surface area contributed by atoms with Crippen molar-refractivity contribution in [3.05, 3.63) is 77.1 Å². The number of likely N-dealkylation sites (tertiary alicyclic amines) is 1. The molecule has 3 unspecified atom stereocenters. The molecule has 0 aliphatic carbocycles. The van der Waals surface area contributed by atoms with Crippen LogP contribution in [0.5, 0.6) is 0 Å². The Morgan fingerprint density at radius 2 is 2.06 bits per heavy atom. The SMILES string of the molecule is Cc1nc(C(O)N2CC(F)CCC2CNC(=O)c2cccc3occc23)c(-c2ccccc2)s1. The summed E-state index contributed by atoms with van der Waals surface area (Å²) in [5, 5.41) is 15.9. The maximum Gasteiger partial charge on any atom is 0.252 e. The number of hydrogen-bond acceptors (Lipinski definition) is 6. The van der Waals surface area contributed by atoms with Crippen LogP contribution in [0.3, 0.4) is 0 Å². The molecule has 0 saturated carbocycles. The lowest BCUT2D eigenvalue weighted by Crippen LogP contribution is -2.51. The molecule has 1 saturated heterocycles. The number of nitrogens with zero attached hydrogens (tertiary/aromatic N) is 2. The highest BCUT2D eigenvalue weighted by Gasteiger charge is 2.35. The minimum atomic E-state index is -1.07. The molecule has 2 aromatic carbocycles. The van der Waals surface area contributed by atoms with Gasteiger partial charge in [0.1, 0.15) is 17.4 Å². The van der Waals surface area contributed by atoms with Gasteiger partial charge in [-0.05, 0) is 43.5 Å². The third-order valence-electron chi connectivity index (χ3n) is 6.28. The number of amides is 1. The predicted molar refractivity (Wildman–Crippen MR) is 130 cm³/mol. The van der Waals surface area contributed by atoms with Crippen LogP contribution in [0.4, 0.5) is 4.39 Å². The summed E-state index contributed by atoms with van der Waals surface area (Å²) in [6, 6.07) is 16.7. The van der Waals surface area contributed by atoms with Gasteiger partial charge in [0.25, 0.3) is 5.91 Å². The Labute approximate surface area is 201 Å². The summed E-state index contributed by atoms with van der Waals surface area (Å²) in [7, 11) is 0. The van der Waals surface area contributed by atoms with Crippen LogP contribution in [-0.2, 0) is 0 Å². The normalized spacial score (nSPS) is 19.9. The average molecular weight is 480 g/mol. The van der Waals surface area contributed by atoms with E-state index in [0.717, 1.165) is 20.8 Å². The second-order valence-corrected chi connectivity index (χ2v) is 9.76. The predicted octanol–water partition coefficient (Wildman–Crippen LogP) is 5.09. The molecule has 176 valence electrons. The van der Waals surface area contributed by atoms with Crippen molar-refractivity contribution in [1.82, 2.24) is 15.2 Å². The number of benzene rings is 2. The number of halogens is 1. The van der Waals surface area contributed by atoms with Gasteiger partial charge in [-0.25, -0.2) is 9.37 Å². The molecule has 1 aliphatic heterocycles. The maximum atomic E-state index is 14.4. The number of piperidine rings is 1. The first kappa shape index (κ1) is 22.7. The van der Waals surface area contributed by atoms with E-state index >= 15 is 0 Å². The quantitative estimate of drug-likeness (QED) is 0.403. The minimum absolute atomic E-state index is 0.0871. The van der Waals surface area contributed by atoms with Crippen LogP contribution in [0.25, 0.3) is 21.4 Å². The number of alkyl halides is 1. The van der Waals surface area contributed by atoms with E-state index in [1.165, 1.54) is 11.3 Å². The van der Waals surface area contributed by atoms with Gasteiger partial charge in [-0.3, -0.25) is 9.69 Å². The first-order chi connectivity index (χ1) is 16.5. The number of thiazole rings is 1. The van der Waals surface area contributed by atoms with Crippen LogP contribution in [0, 0.1) is 6.92 Å². The Morgan fingerprint density at radius 1 is 1.24 bits per heavy atom. The first-order valence-electron chi connectivity index (χ1n) is 11.4. The molecular formula is C26H26FN3O3S. The summed E-state index contributed by atoms with van der Waals surface area (Å²) in [5.41, 5.74) is 2.67. The standard InChI is InChI=1S/C26H26FN3O3S/c1-16-29-23(24(34-16)17-6-3-2-4-7-17)26(32)30-15-18(27)10-11-19(30)14-28-25(31)21-8-5-9-22-20(21)12-13-33-22/h2-9,12-13,18-19,26,32H,10-11,14-15H2,1H3,(H,28,31). The van der Waals surface area contributed by atoms with E-state index in [1.807, 2.05) is 43.3 Å². The molecule has 0 spiro atoms. The molecule has 1 aliphatic rings. The molecule has 8 heteroatoms. The highest BCUT2D eigenvalue weighted by molar-refractivity contribution is 7.15. The Hall–Kier alpha value is -3.07. The number of furan rings is 1. The summed E-state index contributed by atoms with van der Waals surface area (Å²) >= 11 is 1.51. The number of aliphatic hydroxyl groups is 1. The van der Waals surface area contributed by atoms with E-state index in [2.05, 4.69) is 10.3 Å². The van der Waals surface area contributed by atoms with Gasteiger partial charge in [0.05, 0.1) is 21.7 Å². The van der Waals surface area contributed by atoms with E-state index in [0.29, 0.717) is 36.2 Å². The summed E-state index contributed by atoms with van der Waals surface area (Å²) in [5.74, 6) is -0.224. The van der Waals surface area contributed by atoms with Crippen LogP contribution < -0.4 is 5.32 Å². The molecule has 2 N–H and O–H groups in total. The molecular weight excluding hydrogens is 453 g/mol. The van der Waals surface area contributed by atoms with E-state index in [9.17, 15) is 14.3 Å². The summed E-state index contributed by atoms with van der Waals surface area (Å²) in [6.07, 6.45) is 0.363. The lowest BCUT2D eigenvalue weighted by atomic mass is 9.99. The zero-order chi connectivity index (χ0) is 23.7. The van der Waals surface area contributed by atoms with Gasteiger partial charge < -0.3 is 14.8 Å². The molecule has 0 radical (unpaired) electrons. The van der Waals surface area contributed by atoms with Crippen molar-refractivity contribution in [2.24, 2.45) is 0 Å². The topological polar surface area (TPSA) is 78.6 Å². The van der Waals surface area contributed by atoms with Gasteiger partial charge in [-0.15, -0.1) is 11.3 Å². The van der Waals surface area contributed by atoms with Gasteiger partial charge >= 0.3 is 0 Å². The van der Waals surface area contributed by atoms with Crippen LogP contribution >= 0.6 is 11.3 Å². The number of hydrogen-bond donors (Lipinski definition) is 2. The number of rotatable bonds is 6. The number of carbonyl (C=O) groups is 1. The van der Waals surface area contributed by atoms with E-state index < -0.39 is 12.4 Å². The van der Waals surface area contributed by atoms with Gasteiger partial charge in [0.15, 0.2) is 6.23 Å². The van der Waals surface area contributed by atoms with Crippen molar-refractivity contribution in [1.29, 1.82) is 0 Å². The molecule has 3 heterocycles. The lowest BCUT2D eigenvalue weighted by Gasteiger charge is -2.40. The fourth-order valence-corrected chi connectivity index (χ4v) is 5.55. The maximum absolute atomic E-state index is 14.4. The second-order valence-electron chi connectivity index (χ2n) is 8.56. The van der Waals surface area contributed by atoms with Crippen molar-refractivity contribution < 1.29 is 18.7 Å². The molecule has 1 fully saturated rings. The summed E-state index contributed by atoms with van der Waals surface area (Å²) in [6.45, 7) is 2.28. The third-order valence-corrected chi connectivity index (χ3v) is 7.32. The van der Waals surface area contributed by atoms with Crippen molar-refractivity contribution in [2.75, 3.05) is 13.1 Å². The average Bonchev–Trinajstić information content (AvgIpc) is 3.49. The van der Waals surface area contributed by atoms with Gasteiger partial charge in [-0.1, -0.05) is 36.4 Å². The first-order valence-corrected chi connectivity index (χ1v) is 12.2. The van der Waals surface area contributed by atoms with E-state index in [1.54, 1.807) is 29.4 Å². The van der Waals surface area contributed by atoms with Crippen molar-refractivity contribution in [3.8, 4) is 10.4 Å². The number of fused-ring (bicyclic) bond motifs is 1. The van der Waals surface area contributed by atoms with Crippen LogP contribution in [0.15, 0.2) is 65.3 Å². The second kappa shape index (κ2) is 9.66. The summed E-state index contributed by atoms with van der Waals surface area (Å²) < 4.78 is 19.8. The number of nitrogens with one attached hydrogen (secondary N) is 1. The zero-order valence-electron chi connectivity index (χ0n) is 18.8. The van der Waals surface area contributed by atoms with Crippen molar-refractivity contribution in [2.45, 2.75) is 38.2 Å². The summed E-state index contributed by atoms with van der Waals surface area (Å²) in [4.78, 5) is 20.1. The zero-order valence-corrected chi connectivity index (χ0v) is 19.6. The highest BCUT2D eigenvalue weighted by atomic mass is 32.1. The smallest absolute Gasteiger partial charge is 0.252 e. The van der Waals surface area contributed by atoms with Crippen LogP contribution in [0.2, 0.25) is 0 Å². The van der Waals surface area contributed by atoms with Crippen LogP contribution in [-0.4, -0.2) is 46.2 Å². The fourth-order valence-electron chi connectivity index (χ4n) is 4.60. The molecule has 0 bridgehead atoms. The Bertz CT molecular complexity index is 1290. The Balaban J connectivity index is 1.36. The number of aliphatic hydroxyl groups excluding tert-OH is 1. The highest BCUT2D eigenvalue weighted by Crippen LogP contribution is 2.37. The number of aromatic nitrogens is 1. The molecule has 6 nitrogen and oxygen atoms in total. The monoisotopic (exact) mass is 479 g/mol. The Morgan fingerprint density at radius 3 is 2.88 bits per heavy atom. The van der Waals surface area contributed by atoms with Gasteiger partial charge in [0.2, 0.25) is 0 Å².